The number of nitrogens with one attached hydrogen (secondary N) is 1. The largest absolute Gasteiger partial charge is 0.364 e. The van der Waals surface area contributed by atoms with Gasteiger partial charge in [0.15, 0.2) is 0 Å². The number of aryl methyl sites for hydroxylation is 1. The molecule has 0 unspecified atom stereocenters. The number of anilines is 1. The molecule has 2 atom stereocenters. The lowest BCUT2D eigenvalue weighted by molar-refractivity contribution is 0.403. The molecule has 15 heavy (non-hydrogen) atoms. The molecule has 1 aromatic heterocycles. The second-order valence-electron chi connectivity index (χ2n) is 4.32. The van der Waals surface area contributed by atoms with Gasteiger partial charge in [-0.3, -0.25) is 0 Å². The minimum Gasteiger partial charge on any atom is -0.364 e. The van der Waals surface area contributed by atoms with Gasteiger partial charge in [-0.1, -0.05) is 12.8 Å². The maximum atomic E-state index is 6.05. The number of rotatable bonds is 2. The predicted molar refractivity (Wildman–Crippen MR) is 60.6 cm³/mol. The van der Waals surface area contributed by atoms with Crippen LogP contribution in [0.3, 0.4) is 0 Å². The average molecular weight is 206 g/mol. The van der Waals surface area contributed by atoms with Crippen LogP contribution >= 0.6 is 0 Å². The lowest BCUT2D eigenvalue weighted by atomic mass is 9.91. The van der Waals surface area contributed by atoms with E-state index < -0.39 is 0 Å². The molecule has 0 bridgehead atoms. The monoisotopic (exact) mass is 206 g/mol. The molecular weight excluding hydrogens is 188 g/mol. The van der Waals surface area contributed by atoms with Crippen LogP contribution in [0.25, 0.3) is 0 Å². The first-order valence-corrected chi connectivity index (χ1v) is 5.57. The standard InChI is InChI=1S/C11H18N4/c1-8-6-11(15-13-7-8)14-10-5-3-2-4-9(10)12/h6-7,9-10H,2-5,12H2,1H3,(H,14,15)/t9-,10-/m1/s1. The van der Waals surface area contributed by atoms with Crippen LogP contribution in [-0.4, -0.2) is 22.3 Å². The molecular formula is C11H18N4. The van der Waals surface area contributed by atoms with Gasteiger partial charge in [-0.15, -0.1) is 5.10 Å². The summed E-state index contributed by atoms with van der Waals surface area (Å²) in [6.45, 7) is 2.01. The van der Waals surface area contributed by atoms with Crippen molar-refractivity contribution >= 4 is 5.82 Å². The van der Waals surface area contributed by atoms with E-state index in [0.717, 1.165) is 24.2 Å². The molecule has 0 amide bonds. The van der Waals surface area contributed by atoms with Crippen LogP contribution in [0.2, 0.25) is 0 Å². The van der Waals surface area contributed by atoms with E-state index in [1.165, 1.54) is 12.8 Å². The lowest BCUT2D eigenvalue weighted by Gasteiger charge is -2.29. The molecule has 0 aromatic carbocycles. The zero-order valence-electron chi connectivity index (χ0n) is 9.11. The van der Waals surface area contributed by atoms with E-state index in [0.29, 0.717) is 6.04 Å². The van der Waals surface area contributed by atoms with Gasteiger partial charge in [0.25, 0.3) is 0 Å². The number of hydrogen-bond acceptors (Lipinski definition) is 4. The van der Waals surface area contributed by atoms with Gasteiger partial charge >= 0.3 is 0 Å². The van der Waals surface area contributed by atoms with Crippen molar-refractivity contribution in [2.75, 3.05) is 5.32 Å². The Hall–Kier alpha value is -1.16. The van der Waals surface area contributed by atoms with Gasteiger partial charge in [-0.2, -0.15) is 5.10 Å². The van der Waals surface area contributed by atoms with Crippen LogP contribution in [-0.2, 0) is 0 Å². The molecule has 0 saturated heterocycles. The fourth-order valence-electron chi connectivity index (χ4n) is 2.06. The molecule has 1 aromatic rings. The molecule has 0 aliphatic heterocycles. The molecule has 4 heteroatoms. The van der Waals surface area contributed by atoms with Gasteiger partial charge in [-0.25, -0.2) is 0 Å². The van der Waals surface area contributed by atoms with E-state index in [2.05, 4.69) is 15.5 Å². The highest BCUT2D eigenvalue weighted by atomic mass is 15.2. The molecule has 1 aliphatic rings. The van der Waals surface area contributed by atoms with Crippen molar-refractivity contribution in [1.82, 2.24) is 10.2 Å². The van der Waals surface area contributed by atoms with E-state index in [9.17, 15) is 0 Å². The van der Waals surface area contributed by atoms with Crippen LogP contribution in [0.4, 0.5) is 5.82 Å². The van der Waals surface area contributed by atoms with E-state index in [1.807, 2.05) is 13.0 Å². The van der Waals surface area contributed by atoms with Gasteiger partial charge in [0.05, 0.1) is 6.20 Å². The number of nitrogens with two attached hydrogens (primary N) is 1. The highest BCUT2D eigenvalue weighted by Crippen LogP contribution is 2.20. The Balaban J connectivity index is 2.01. The summed E-state index contributed by atoms with van der Waals surface area (Å²) in [6, 6.07) is 2.62. The van der Waals surface area contributed by atoms with E-state index in [1.54, 1.807) is 6.20 Å². The van der Waals surface area contributed by atoms with Crippen molar-refractivity contribution in [1.29, 1.82) is 0 Å². The molecule has 1 fully saturated rings. The summed E-state index contributed by atoms with van der Waals surface area (Å²) in [5.74, 6) is 0.845. The van der Waals surface area contributed by atoms with Crippen molar-refractivity contribution in [2.24, 2.45) is 5.73 Å². The van der Waals surface area contributed by atoms with Crippen molar-refractivity contribution in [3.8, 4) is 0 Å². The lowest BCUT2D eigenvalue weighted by Crippen LogP contribution is -2.42. The van der Waals surface area contributed by atoms with E-state index in [4.69, 9.17) is 5.73 Å². The molecule has 3 N–H and O–H groups in total. The smallest absolute Gasteiger partial charge is 0.149 e. The first-order chi connectivity index (χ1) is 7.25. The summed E-state index contributed by atoms with van der Waals surface area (Å²) in [6.07, 6.45) is 6.50. The van der Waals surface area contributed by atoms with Crippen molar-refractivity contribution in [3.63, 3.8) is 0 Å². The Morgan fingerprint density at radius 3 is 2.93 bits per heavy atom. The van der Waals surface area contributed by atoms with Gasteiger partial charge in [0.2, 0.25) is 0 Å². The van der Waals surface area contributed by atoms with Crippen LogP contribution < -0.4 is 11.1 Å². The highest BCUT2D eigenvalue weighted by Gasteiger charge is 2.21. The first kappa shape index (κ1) is 10.4. The molecule has 2 rings (SSSR count). The van der Waals surface area contributed by atoms with Gasteiger partial charge < -0.3 is 11.1 Å². The quantitative estimate of drug-likeness (QED) is 0.769. The fraction of sp³-hybridized carbons (Fsp3) is 0.636. The molecule has 1 saturated carbocycles. The SMILES string of the molecule is Cc1cnnc(N[C@@H]2CCCC[C@H]2N)c1. The summed E-state index contributed by atoms with van der Waals surface area (Å²) in [4.78, 5) is 0. The molecule has 4 nitrogen and oxygen atoms in total. The van der Waals surface area contributed by atoms with Gasteiger partial charge in [0.1, 0.15) is 5.82 Å². The van der Waals surface area contributed by atoms with Crippen LogP contribution in [0, 0.1) is 6.92 Å². The minimum absolute atomic E-state index is 0.251. The Morgan fingerprint density at radius 1 is 1.40 bits per heavy atom. The Morgan fingerprint density at radius 2 is 2.20 bits per heavy atom. The third kappa shape index (κ3) is 2.65. The second kappa shape index (κ2) is 4.57. The Kier molecular flexibility index (Phi) is 3.16. The minimum atomic E-state index is 0.251. The van der Waals surface area contributed by atoms with Crippen LogP contribution in [0.1, 0.15) is 31.2 Å². The summed E-state index contributed by atoms with van der Waals surface area (Å²) >= 11 is 0. The highest BCUT2D eigenvalue weighted by molar-refractivity contribution is 5.36. The van der Waals surface area contributed by atoms with Crippen molar-refractivity contribution < 1.29 is 0 Å². The summed E-state index contributed by atoms with van der Waals surface area (Å²) < 4.78 is 0. The number of hydrogen-bond donors (Lipinski definition) is 2. The third-order valence-electron chi connectivity index (χ3n) is 2.94. The molecule has 1 heterocycles. The predicted octanol–water partition coefficient (Wildman–Crippen LogP) is 1.47. The van der Waals surface area contributed by atoms with E-state index in [-0.39, 0.29) is 6.04 Å². The summed E-state index contributed by atoms with van der Waals surface area (Å²) in [7, 11) is 0. The Bertz CT molecular complexity index is 326. The Labute approximate surface area is 90.3 Å². The maximum absolute atomic E-state index is 6.05. The van der Waals surface area contributed by atoms with Gasteiger partial charge in [0, 0.05) is 12.1 Å². The maximum Gasteiger partial charge on any atom is 0.149 e. The zero-order chi connectivity index (χ0) is 10.7. The normalized spacial score (nSPS) is 26.3. The zero-order valence-corrected chi connectivity index (χ0v) is 9.11. The topological polar surface area (TPSA) is 63.8 Å². The van der Waals surface area contributed by atoms with Crippen molar-refractivity contribution in [2.45, 2.75) is 44.7 Å². The number of nitrogens with zero attached hydrogens (tertiary/aromatic N) is 2. The first-order valence-electron chi connectivity index (χ1n) is 5.57. The number of aromatic nitrogens is 2. The van der Waals surface area contributed by atoms with Crippen LogP contribution in [0.5, 0.6) is 0 Å². The third-order valence-corrected chi connectivity index (χ3v) is 2.94. The average Bonchev–Trinajstić information content (AvgIpc) is 2.22. The molecule has 82 valence electrons. The van der Waals surface area contributed by atoms with Gasteiger partial charge in [-0.05, 0) is 31.4 Å². The molecule has 0 spiro atoms. The molecule has 0 radical (unpaired) electrons. The van der Waals surface area contributed by atoms with E-state index >= 15 is 0 Å². The second-order valence-corrected chi connectivity index (χ2v) is 4.32. The van der Waals surface area contributed by atoms with Crippen LogP contribution in [0.15, 0.2) is 12.3 Å². The summed E-state index contributed by atoms with van der Waals surface area (Å²) in [5.41, 5.74) is 7.18. The van der Waals surface area contributed by atoms with Crippen molar-refractivity contribution in [3.05, 3.63) is 17.8 Å². The summed E-state index contributed by atoms with van der Waals surface area (Å²) in [5, 5.41) is 11.3. The molecule has 1 aliphatic carbocycles. The fourth-order valence-corrected chi connectivity index (χ4v) is 2.06.